The summed E-state index contributed by atoms with van der Waals surface area (Å²) in [5.74, 6) is 0. The van der Waals surface area contributed by atoms with Crippen molar-refractivity contribution in [3.8, 4) is 0 Å². The van der Waals surface area contributed by atoms with Crippen molar-refractivity contribution in [3.05, 3.63) is 95.7 Å². The zero-order valence-corrected chi connectivity index (χ0v) is 24.1. The van der Waals surface area contributed by atoms with Crippen LogP contribution in [-0.2, 0) is 12.6 Å². The number of aryl methyl sites for hydroxylation is 1. The van der Waals surface area contributed by atoms with E-state index in [9.17, 15) is 18.0 Å². The van der Waals surface area contributed by atoms with E-state index in [4.69, 9.17) is 0 Å². The molecule has 41 heavy (non-hydrogen) atoms. The Morgan fingerprint density at radius 1 is 0.878 bits per heavy atom. The molecule has 5 rings (SSSR count). The van der Waals surface area contributed by atoms with Crippen molar-refractivity contribution in [3.63, 3.8) is 0 Å². The van der Waals surface area contributed by atoms with Gasteiger partial charge in [0.2, 0.25) is 0 Å². The Labute approximate surface area is 249 Å². The topological polar surface area (TPSA) is 60.5 Å². The van der Waals surface area contributed by atoms with Crippen molar-refractivity contribution in [2.45, 2.75) is 19.5 Å². The van der Waals surface area contributed by atoms with E-state index in [0.29, 0.717) is 5.69 Å². The van der Waals surface area contributed by atoms with E-state index in [1.165, 1.54) is 29.3 Å². The standard InChI is InChI=1S/C30H30F3N5O.2ClH/c1-21-12-13-24-26(34-21)10-5-11-28(24)38-18-16-37(17-19-38)15-14-22-6-4-7-23(20-22)35-29(39)36-27-9-3-2-8-25(27)30(31,32)33;;/h2-13,20H,14-19H2,1H3,(H2,35,36,39);2*1H. The zero-order valence-electron chi connectivity index (χ0n) is 22.4. The summed E-state index contributed by atoms with van der Waals surface area (Å²) >= 11 is 0. The van der Waals surface area contributed by atoms with Crippen LogP contribution in [-0.4, -0.2) is 48.6 Å². The minimum atomic E-state index is -4.56. The van der Waals surface area contributed by atoms with Crippen LogP contribution in [0.5, 0.6) is 0 Å². The number of nitrogens with zero attached hydrogens (tertiary/aromatic N) is 3. The van der Waals surface area contributed by atoms with Crippen molar-refractivity contribution in [2.24, 2.45) is 0 Å². The summed E-state index contributed by atoms with van der Waals surface area (Å²) in [5, 5.41) is 6.13. The fraction of sp³-hybridized carbons (Fsp3) is 0.267. The molecule has 1 aromatic heterocycles. The van der Waals surface area contributed by atoms with Crippen LogP contribution in [0, 0.1) is 6.92 Å². The molecule has 2 amide bonds. The van der Waals surface area contributed by atoms with Gasteiger partial charge in [-0.25, -0.2) is 4.79 Å². The maximum Gasteiger partial charge on any atom is 0.418 e. The van der Waals surface area contributed by atoms with Crippen LogP contribution < -0.4 is 15.5 Å². The zero-order chi connectivity index (χ0) is 27.4. The Bertz CT molecular complexity index is 1480. The third-order valence-corrected chi connectivity index (χ3v) is 6.94. The van der Waals surface area contributed by atoms with Gasteiger partial charge in [-0.15, -0.1) is 24.8 Å². The van der Waals surface area contributed by atoms with Crippen molar-refractivity contribution in [2.75, 3.05) is 48.3 Å². The van der Waals surface area contributed by atoms with Crippen LogP contribution in [0.2, 0.25) is 0 Å². The van der Waals surface area contributed by atoms with Crippen LogP contribution in [0.1, 0.15) is 16.8 Å². The summed E-state index contributed by atoms with van der Waals surface area (Å²) in [4.78, 5) is 21.9. The maximum absolute atomic E-state index is 13.2. The molecule has 1 aliphatic rings. The van der Waals surface area contributed by atoms with Gasteiger partial charge in [-0.3, -0.25) is 9.88 Å². The third-order valence-electron chi connectivity index (χ3n) is 6.94. The van der Waals surface area contributed by atoms with E-state index in [1.807, 2.05) is 25.1 Å². The molecule has 0 saturated carbocycles. The summed E-state index contributed by atoms with van der Waals surface area (Å²) < 4.78 is 39.7. The minimum Gasteiger partial charge on any atom is -0.368 e. The van der Waals surface area contributed by atoms with Gasteiger partial charge in [-0.1, -0.05) is 30.3 Å². The van der Waals surface area contributed by atoms with Crippen LogP contribution in [0.25, 0.3) is 10.9 Å². The lowest BCUT2D eigenvalue weighted by molar-refractivity contribution is -0.136. The first-order valence-electron chi connectivity index (χ1n) is 12.9. The molecule has 2 N–H and O–H groups in total. The van der Waals surface area contributed by atoms with Crippen molar-refractivity contribution < 1.29 is 18.0 Å². The molecule has 0 bridgehead atoms. The number of piperazine rings is 1. The highest BCUT2D eigenvalue weighted by atomic mass is 35.5. The van der Waals surface area contributed by atoms with Crippen LogP contribution >= 0.6 is 24.8 Å². The number of benzene rings is 3. The number of halogens is 5. The Balaban J connectivity index is 0.00000231. The molecule has 1 saturated heterocycles. The lowest BCUT2D eigenvalue weighted by Gasteiger charge is -2.36. The molecule has 4 aromatic rings. The monoisotopic (exact) mass is 605 g/mol. The number of alkyl halides is 3. The number of pyridine rings is 1. The smallest absolute Gasteiger partial charge is 0.368 e. The predicted octanol–water partition coefficient (Wildman–Crippen LogP) is 7.41. The summed E-state index contributed by atoms with van der Waals surface area (Å²) in [6, 6.07) is 22.1. The van der Waals surface area contributed by atoms with E-state index < -0.39 is 17.8 Å². The molecule has 6 nitrogen and oxygen atoms in total. The predicted molar refractivity (Wildman–Crippen MR) is 164 cm³/mol. The first-order valence-corrected chi connectivity index (χ1v) is 12.9. The number of amides is 2. The van der Waals surface area contributed by atoms with E-state index in [1.54, 1.807) is 6.07 Å². The number of aromatic nitrogens is 1. The Hall–Kier alpha value is -3.53. The maximum atomic E-state index is 13.2. The Morgan fingerprint density at radius 3 is 2.37 bits per heavy atom. The summed E-state index contributed by atoms with van der Waals surface area (Å²) in [6.45, 7) is 6.60. The fourth-order valence-electron chi connectivity index (χ4n) is 4.94. The lowest BCUT2D eigenvalue weighted by Crippen LogP contribution is -2.47. The third kappa shape index (κ3) is 8.03. The first kappa shape index (κ1) is 32.0. The molecule has 2 heterocycles. The molecule has 218 valence electrons. The normalized spacial score (nSPS) is 13.7. The second kappa shape index (κ2) is 13.9. The van der Waals surface area contributed by atoms with Gasteiger partial charge in [0.05, 0.1) is 16.8 Å². The van der Waals surface area contributed by atoms with Gasteiger partial charge in [0.1, 0.15) is 0 Å². The van der Waals surface area contributed by atoms with Crippen molar-refractivity contribution in [1.82, 2.24) is 9.88 Å². The molecule has 0 unspecified atom stereocenters. The number of para-hydroxylation sites is 1. The first-order chi connectivity index (χ1) is 18.8. The average molecular weight is 607 g/mol. The van der Waals surface area contributed by atoms with E-state index in [-0.39, 0.29) is 30.5 Å². The highest BCUT2D eigenvalue weighted by molar-refractivity contribution is 6.00. The highest BCUT2D eigenvalue weighted by Gasteiger charge is 2.33. The number of hydrogen-bond acceptors (Lipinski definition) is 4. The fourth-order valence-corrected chi connectivity index (χ4v) is 4.94. The van der Waals surface area contributed by atoms with Gasteiger partial charge < -0.3 is 15.5 Å². The molecular weight excluding hydrogens is 574 g/mol. The molecule has 1 aliphatic heterocycles. The van der Waals surface area contributed by atoms with Gasteiger partial charge in [-0.05, 0) is 67.4 Å². The number of urea groups is 1. The molecule has 3 aromatic carbocycles. The van der Waals surface area contributed by atoms with E-state index in [0.717, 1.165) is 62.0 Å². The van der Waals surface area contributed by atoms with E-state index in [2.05, 4.69) is 55.7 Å². The molecule has 0 aliphatic carbocycles. The highest BCUT2D eigenvalue weighted by Crippen LogP contribution is 2.34. The number of hydrogen-bond donors (Lipinski definition) is 2. The average Bonchev–Trinajstić information content (AvgIpc) is 2.91. The van der Waals surface area contributed by atoms with Crippen LogP contribution in [0.4, 0.5) is 35.0 Å². The second-order valence-electron chi connectivity index (χ2n) is 9.70. The SMILES string of the molecule is Cc1ccc2c(N3CCN(CCc4cccc(NC(=O)Nc5ccccc5C(F)(F)F)c4)CC3)cccc2n1.Cl.Cl. The van der Waals surface area contributed by atoms with E-state index >= 15 is 0 Å². The number of carbonyl (C=O) groups excluding carboxylic acids is 1. The molecule has 0 spiro atoms. The largest absolute Gasteiger partial charge is 0.418 e. The van der Waals surface area contributed by atoms with Gasteiger partial charge in [0.25, 0.3) is 0 Å². The Morgan fingerprint density at radius 2 is 1.61 bits per heavy atom. The Kier molecular flexibility index (Phi) is 10.8. The molecular formula is C30H32Cl2F3N5O. The molecule has 11 heteroatoms. The summed E-state index contributed by atoms with van der Waals surface area (Å²) in [7, 11) is 0. The number of nitrogens with one attached hydrogen (secondary N) is 2. The number of fused-ring (bicyclic) bond motifs is 1. The van der Waals surface area contributed by atoms with Crippen molar-refractivity contribution >= 4 is 58.8 Å². The van der Waals surface area contributed by atoms with Gasteiger partial charge >= 0.3 is 12.2 Å². The van der Waals surface area contributed by atoms with Gasteiger partial charge in [0, 0.05) is 55.2 Å². The summed E-state index contributed by atoms with van der Waals surface area (Å²) in [5.41, 5.74) is 3.64. The number of carbonyl (C=O) groups is 1. The van der Waals surface area contributed by atoms with Gasteiger partial charge in [0.15, 0.2) is 0 Å². The number of rotatable bonds is 6. The van der Waals surface area contributed by atoms with Crippen LogP contribution in [0.3, 0.4) is 0 Å². The quantitative estimate of drug-likeness (QED) is 0.240. The lowest BCUT2D eigenvalue weighted by atomic mass is 10.1. The second-order valence-corrected chi connectivity index (χ2v) is 9.70. The van der Waals surface area contributed by atoms with Crippen LogP contribution in [0.15, 0.2) is 78.9 Å². The van der Waals surface area contributed by atoms with Gasteiger partial charge in [-0.2, -0.15) is 13.2 Å². The number of anilines is 3. The minimum absolute atomic E-state index is 0. The van der Waals surface area contributed by atoms with Crippen molar-refractivity contribution in [1.29, 1.82) is 0 Å². The molecule has 1 fully saturated rings. The molecule has 0 atom stereocenters. The molecule has 0 radical (unpaired) electrons. The summed E-state index contributed by atoms with van der Waals surface area (Å²) in [6.07, 6.45) is -3.76.